The zero-order valence-electron chi connectivity index (χ0n) is 9.36. The second-order valence-electron chi connectivity index (χ2n) is 4.56. The third kappa shape index (κ3) is 2.76. The van der Waals surface area contributed by atoms with E-state index in [4.69, 9.17) is 0 Å². The number of rotatable bonds is 2. The van der Waals surface area contributed by atoms with Crippen LogP contribution in [0.4, 0.5) is 0 Å². The van der Waals surface area contributed by atoms with E-state index in [2.05, 4.69) is 32.0 Å². The lowest BCUT2D eigenvalue weighted by atomic mass is 9.95. The van der Waals surface area contributed by atoms with E-state index in [1.165, 1.54) is 16.7 Å². The molecule has 1 fully saturated rings. The molecule has 1 N–H and O–H groups in total. The molecule has 1 aromatic carbocycles. The first-order chi connectivity index (χ1) is 7.15. The van der Waals surface area contributed by atoms with Gasteiger partial charge in [0.1, 0.15) is 0 Å². The number of aliphatic hydroxyl groups excluding tert-OH is 1. The lowest BCUT2D eigenvalue weighted by molar-refractivity contribution is 0.150. The fourth-order valence-corrected chi connectivity index (χ4v) is 3.56. The first-order valence-corrected chi connectivity index (χ1v) is 6.63. The van der Waals surface area contributed by atoms with Gasteiger partial charge in [0, 0.05) is 5.75 Å². The number of benzene rings is 1. The molecule has 2 unspecified atom stereocenters. The van der Waals surface area contributed by atoms with E-state index in [-0.39, 0.29) is 6.10 Å². The number of hydrogen-bond acceptors (Lipinski definition) is 2. The van der Waals surface area contributed by atoms with Gasteiger partial charge in [-0.25, -0.2) is 0 Å². The van der Waals surface area contributed by atoms with Crippen molar-refractivity contribution in [1.82, 2.24) is 0 Å². The van der Waals surface area contributed by atoms with Crippen molar-refractivity contribution in [3.05, 3.63) is 34.9 Å². The summed E-state index contributed by atoms with van der Waals surface area (Å²) in [4.78, 5) is 0. The van der Waals surface area contributed by atoms with Crippen LogP contribution in [0.2, 0.25) is 0 Å². The highest BCUT2D eigenvalue weighted by molar-refractivity contribution is 7.99. The summed E-state index contributed by atoms with van der Waals surface area (Å²) >= 11 is 1.87. The van der Waals surface area contributed by atoms with Crippen molar-refractivity contribution in [2.45, 2.75) is 26.4 Å². The molecule has 0 amide bonds. The molecule has 0 aliphatic carbocycles. The van der Waals surface area contributed by atoms with Crippen LogP contribution in [-0.2, 0) is 6.42 Å². The highest BCUT2D eigenvalue weighted by Gasteiger charge is 2.25. The Morgan fingerprint density at radius 3 is 2.40 bits per heavy atom. The fraction of sp³-hybridized carbons (Fsp3) is 0.538. The SMILES string of the molecule is Cc1cc(C)cc(CC2CSCC2O)c1. The maximum atomic E-state index is 9.77. The monoisotopic (exact) mass is 222 g/mol. The molecule has 2 rings (SSSR count). The highest BCUT2D eigenvalue weighted by atomic mass is 32.2. The smallest absolute Gasteiger partial charge is 0.0669 e. The Kier molecular flexibility index (Phi) is 3.37. The van der Waals surface area contributed by atoms with Crippen LogP contribution in [0.5, 0.6) is 0 Å². The zero-order chi connectivity index (χ0) is 10.8. The zero-order valence-corrected chi connectivity index (χ0v) is 10.2. The Balaban J connectivity index is 2.10. The molecular weight excluding hydrogens is 204 g/mol. The second kappa shape index (κ2) is 4.58. The standard InChI is InChI=1S/C13H18OS/c1-9-3-10(2)5-11(4-9)6-12-7-15-8-13(12)14/h3-5,12-14H,6-8H2,1-2H3. The summed E-state index contributed by atoms with van der Waals surface area (Å²) in [5.41, 5.74) is 4.02. The molecule has 1 aromatic rings. The number of aryl methyl sites for hydroxylation is 2. The summed E-state index contributed by atoms with van der Waals surface area (Å²) in [6, 6.07) is 6.68. The first kappa shape index (κ1) is 11.0. The molecule has 1 aliphatic heterocycles. The van der Waals surface area contributed by atoms with E-state index < -0.39 is 0 Å². The van der Waals surface area contributed by atoms with Gasteiger partial charge in [0.05, 0.1) is 6.10 Å². The van der Waals surface area contributed by atoms with Gasteiger partial charge in [0.15, 0.2) is 0 Å². The molecule has 1 heterocycles. The maximum Gasteiger partial charge on any atom is 0.0669 e. The molecule has 15 heavy (non-hydrogen) atoms. The Labute approximate surface area is 95.9 Å². The van der Waals surface area contributed by atoms with Gasteiger partial charge in [0.2, 0.25) is 0 Å². The Bertz CT molecular complexity index is 328. The minimum absolute atomic E-state index is 0.101. The summed E-state index contributed by atoms with van der Waals surface area (Å²) < 4.78 is 0. The minimum atomic E-state index is -0.101. The lowest BCUT2D eigenvalue weighted by Gasteiger charge is -2.14. The predicted octanol–water partition coefficient (Wildman–Crippen LogP) is 2.57. The van der Waals surface area contributed by atoms with Crippen molar-refractivity contribution < 1.29 is 5.11 Å². The Hall–Kier alpha value is -0.470. The first-order valence-electron chi connectivity index (χ1n) is 5.48. The van der Waals surface area contributed by atoms with Crippen molar-refractivity contribution in [1.29, 1.82) is 0 Å². The molecule has 1 aliphatic rings. The second-order valence-corrected chi connectivity index (χ2v) is 5.64. The van der Waals surface area contributed by atoms with Gasteiger partial charge in [-0.2, -0.15) is 11.8 Å². The third-order valence-electron chi connectivity index (χ3n) is 2.94. The quantitative estimate of drug-likeness (QED) is 0.830. The third-order valence-corrected chi connectivity index (χ3v) is 4.19. The van der Waals surface area contributed by atoms with Crippen molar-refractivity contribution in [2.24, 2.45) is 5.92 Å². The lowest BCUT2D eigenvalue weighted by Crippen LogP contribution is -2.19. The fourth-order valence-electron chi connectivity index (χ4n) is 2.27. The van der Waals surface area contributed by atoms with E-state index in [0.29, 0.717) is 5.92 Å². The topological polar surface area (TPSA) is 20.2 Å². The van der Waals surface area contributed by atoms with Gasteiger partial charge in [-0.15, -0.1) is 0 Å². The van der Waals surface area contributed by atoms with E-state index in [1.807, 2.05) is 11.8 Å². The average Bonchev–Trinajstić information content (AvgIpc) is 2.50. The number of aliphatic hydroxyl groups is 1. The molecule has 0 spiro atoms. The van der Waals surface area contributed by atoms with E-state index in [1.54, 1.807) is 0 Å². The molecule has 2 atom stereocenters. The molecule has 2 heteroatoms. The van der Waals surface area contributed by atoms with Crippen LogP contribution in [0.15, 0.2) is 18.2 Å². The van der Waals surface area contributed by atoms with Gasteiger partial charge in [-0.3, -0.25) is 0 Å². The van der Waals surface area contributed by atoms with Crippen LogP contribution in [0, 0.1) is 19.8 Å². The number of hydrogen-bond donors (Lipinski definition) is 1. The molecule has 0 radical (unpaired) electrons. The molecule has 82 valence electrons. The van der Waals surface area contributed by atoms with Gasteiger partial charge in [0.25, 0.3) is 0 Å². The van der Waals surface area contributed by atoms with E-state index in [9.17, 15) is 5.11 Å². The largest absolute Gasteiger partial charge is 0.392 e. The minimum Gasteiger partial charge on any atom is -0.392 e. The normalized spacial score (nSPS) is 25.8. The average molecular weight is 222 g/mol. The van der Waals surface area contributed by atoms with Crippen molar-refractivity contribution >= 4 is 11.8 Å². The highest BCUT2D eigenvalue weighted by Crippen LogP contribution is 2.27. The Morgan fingerprint density at radius 2 is 1.87 bits per heavy atom. The molecule has 0 bridgehead atoms. The van der Waals surface area contributed by atoms with Gasteiger partial charge >= 0.3 is 0 Å². The predicted molar refractivity (Wildman–Crippen MR) is 66.4 cm³/mol. The molecule has 1 nitrogen and oxygen atoms in total. The van der Waals surface area contributed by atoms with Gasteiger partial charge in [-0.1, -0.05) is 29.3 Å². The molecule has 0 aromatic heterocycles. The van der Waals surface area contributed by atoms with Crippen LogP contribution in [0.3, 0.4) is 0 Å². The van der Waals surface area contributed by atoms with E-state index >= 15 is 0 Å². The molecule has 1 saturated heterocycles. The summed E-state index contributed by atoms with van der Waals surface area (Å²) in [5, 5.41) is 9.77. The number of thioether (sulfide) groups is 1. The van der Waals surface area contributed by atoms with Crippen molar-refractivity contribution in [3.63, 3.8) is 0 Å². The van der Waals surface area contributed by atoms with Crippen molar-refractivity contribution in [3.8, 4) is 0 Å². The molecule has 0 saturated carbocycles. The van der Waals surface area contributed by atoms with Crippen LogP contribution in [0.25, 0.3) is 0 Å². The van der Waals surface area contributed by atoms with Crippen LogP contribution in [-0.4, -0.2) is 22.7 Å². The Morgan fingerprint density at radius 1 is 1.20 bits per heavy atom. The van der Waals surface area contributed by atoms with Gasteiger partial charge < -0.3 is 5.11 Å². The summed E-state index contributed by atoms with van der Waals surface area (Å²) in [6.45, 7) is 4.27. The summed E-state index contributed by atoms with van der Waals surface area (Å²) in [7, 11) is 0. The van der Waals surface area contributed by atoms with Crippen LogP contribution < -0.4 is 0 Å². The molecular formula is C13H18OS. The summed E-state index contributed by atoms with van der Waals surface area (Å²) in [6.07, 6.45) is 0.923. The van der Waals surface area contributed by atoms with Crippen LogP contribution >= 0.6 is 11.8 Å². The van der Waals surface area contributed by atoms with E-state index in [0.717, 1.165) is 17.9 Å². The van der Waals surface area contributed by atoms with Crippen molar-refractivity contribution in [2.75, 3.05) is 11.5 Å². The van der Waals surface area contributed by atoms with Gasteiger partial charge in [-0.05, 0) is 37.5 Å². The maximum absolute atomic E-state index is 9.77. The summed E-state index contributed by atoms with van der Waals surface area (Å²) in [5.74, 6) is 2.47. The van der Waals surface area contributed by atoms with Crippen LogP contribution in [0.1, 0.15) is 16.7 Å².